The van der Waals surface area contributed by atoms with Gasteiger partial charge in [-0.05, 0) is 55.8 Å². The number of nitrogens with one attached hydrogen (secondary N) is 3. The van der Waals surface area contributed by atoms with Crippen molar-refractivity contribution in [3.8, 4) is 0 Å². The third-order valence-corrected chi connectivity index (χ3v) is 3.22. The molecule has 2 aromatic carbocycles. The molecule has 2 aromatic rings. The van der Waals surface area contributed by atoms with Gasteiger partial charge in [-0.25, -0.2) is 4.79 Å². The molecule has 0 bridgehead atoms. The minimum Gasteiger partial charge on any atom is -0.381 e. The van der Waals surface area contributed by atoms with Gasteiger partial charge in [0.2, 0.25) is 0 Å². The number of carbonyl (C=O) groups excluding carboxylic acids is 1. The molecule has 5 heteroatoms. The number of hydrogen-bond donors (Lipinski definition) is 3. The summed E-state index contributed by atoms with van der Waals surface area (Å²) in [5.41, 5.74) is 2.91. The number of anilines is 2. The van der Waals surface area contributed by atoms with Gasteiger partial charge in [-0.2, -0.15) is 0 Å². The van der Waals surface area contributed by atoms with Crippen molar-refractivity contribution in [1.82, 2.24) is 5.32 Å². The van der Waals surface area contributed by atoms with Gasteiger partial charge in [0.1, 0.15) is 0 Å². The Kier molecular flexibility index (Phi) is 5.67. The predicted molar refractivity (Wildman–Crippen MR) is 92.5 cm³/mol. The maximum Gasteiger partial charge on any atom is 0.319 e. The van der Waals surface area contributed by atoms with Crippen molar-refractivity contribution in [3.05, 3.63) is 59.1 Å². The lowest BCUT2D eigenvalue weighted by molar-refractivity contribution is 0.250. The Bertz CT molecular complexity index is 609. The molecule has 0 atom stereocenters. The Balaban J connectivity index is 1.86. The van der Waals surface area contributed by atoms with Crippen LogP contribution in [0.5, 0.6) is 0 Å². The zero-order valence-corrected chi connectivity index (χ0v) is 13.4. The van der Waals surface area contributed by atoms with E-state index >= 15 is 0 Å². The van der Waals surface area contributed by atoms with Crippen LogP contribution in [0.15, 0.2) is 48.5 Å². The van der Waals surface area contributed by atoms with Crippen molar-refractivity contribution < 1.29 is 4.79 Å². The molecule has 0 aromatic heterocycles. The van der Waals surface area contributed by atoms with Crippen LogP contribution >= 0.6 is 11.6 Å². The summed E-state index contributed by atoms with van der Waals surface area (Å²) in [6.07, 6.45) is 0. The molecule has 0 aliphatic rings. The van der Waals surface area contributed by atoms with Gasteiger partial charge in [0.25, 0.3) is 0 Å². The number of rotatable bonds is 5. The number of urea groups is 1. The first-order valence-electron chi connectivity index (χ1n) is 7.19. The summed E-state index contributed by atoms with van der Waals surface area (Å²) in [6.45, 7) is 4.56. The van der Waals surface area contributed by atoms with E-state index in [2.05, 4.69) is 16.0 Å². The molecule has 2 amide bonds. The number of benzene rings is 2. The first-order chi connectivity index (χ1) is 10.5. The molecular weight excluding hydrogens is 298 g/mol. The highest BCUT2D eigenvalue weighted by atomic mass is 35.5. The Morgan fingerprint density at radius 2 is 1.59 bits per heavy atom. The number of carbonyl (C=O) groups is 1. The van der Waals surface area contributed by atoms with E-state index in [0.29, 0.717) is 0 Å². The van der Waals surface area contributed by atoms with Gasteiger partial charge in [-0.15, -0.1) is 0 Å². The summed E-state index contributed by atoms with van der Waals surface area (Å²) in [6, 6.07) is 15.2. The fraction of sp³-hybridized carbons (Fsp3) is 0.235. The summed E-state index contributed by atoms with van der Waals surface area (Å²) in [5, 5.41) is 9.63. The highest BCUT2D eigenvalue weighted by Gasteiger charge is 2.03. The molecule has 0 fully saturated rings. The Hall–Kier alpha value is -2.20. The number of halogens is 1. The molecule has 0 aliphatic heterocycles. The smallest absolute Gasteiger partial charge is 0.319 e. The molecule has 3 N–H and O–H groups in total. The van der Waals surface area contributed by atoms with Crippen LogP contribution in [-0.4, -0.2) is 12.1 Å². The van der Waals surface area contributed by atoms with Crippen molar-refractivity contribution in [3.63, 3.8) is 0 Å². The second kappa shape index (κ2) is 7.71. The summed E-state index contributed by atoms with van der Waals surface area (Å²) in [5.74, 6) is 0. The largest absolute Gasteiger partial charge is 0.381 e. The first kappa shape index (κ1) is 16.2. The van der Waals surface area contributed by atoms with Gasteiger partial charge in [-0.3, -0.25) is 0 Å². The molecule has 2 rings (SSSR count). The average Bonchev–Trinajstić information content (AvgIpc) is 2.47. The van der Waals surface area contributed by atoms with E-state index in [1.54, 1.807) is 0 Å². The van der Waals surface area contributed by atoms with Crippen LogP contribution in [0.2, 0.25) is 5.02 Å². The third kappa shape index (κ3) is 5.30. The Labute approximate surface area is 135 Å². The molecule has 0 saturated carbocycles. The zero-order valence-electron chi connectivity index (χ0n) is 12.7. The molecular formula is C17H20ClN3O. The normalized spacial score (nSPS) is 10.4. The second-order valence-electron chi connectivity index (χ2n) is 5.31. The highest BCUT2D eigenvalue weighted by molar-refractivity contribution is 6.30. The van der Waals surface area contributed by atoms with Gasteiger partial charge in [0.15, 0.2) is 0 Å². The molecule has 116 valence electrons. The topological polar surface area (TPSA) is 53.2 Å². The van der Waals surface area contributed by atoms with Crippen LogP contribution in [0.3, 0.4) is 0 Å². The molecule has 0 heterocycles. The lowest BCUT2D eigenvalue weighted by Gasteiger charge is -2.11. The van der Waals surface area contributed by atoms with Crippen molar-refractivity contribution in [1.29, 1.82) is 0 Å². The van der Waals surface area contributed by atoms with E-state index in [0.717, 1.165) is 28.5 Å². The van der Waals surface area contributed by atoms with Crippen LogP contribution in [0.25, 0.3) is 0 Å². The average molecular weight is 318 g/mol. The van der Waals surface area contributed by atoms with Gasteiger partial charge in [0.05, 0.1) is 0 Å². The fourth-order valence-corrected chi connectivity index (χ4v) is 2.03. The Morgan fingerprint density at radius 3 is 2.18 bits per heavy atom. The summed E-state index contributed by atoms with van der Waals surface area (Å²) in [4.78, 5) is 11.6. The lowest BCUT2D eigenvalue weighted by Crippen LogP contribution is -2.34. The maximum atomic E-state index is 11.6. The van der Waals surface area contributed by atoms with E-state index in [4.69, 9.17) is 11.6 Å². The molecule has 22 heavy (non-hydrogen) atoms. The van der Waals surface area contributed by atoms with Crippen LogP contribution in [-0.2, 0) is 6.54 Å². The van der Waals surface area contributed by atoms with E-state index < -0.39 is 0 Å². The number of hydrogen-bond acceptors (Lipinski definition) is 2. The highest BCUT2D eigenvalue weighted by Crippen LogP contribution is 2.15. The molecule has 0 unspecified atom stereocenters. The van der Waals surface area contributed by atoms with Crippen LogP contribution in [0.1, 0.15) is 19.4 Å². The standard InChI is InChI=1S/C17H20ClN3O/c1-12(2)20-17(22)21-16-9-7-15(8-10-16)19-11-13-3-5-14(18)6-4-13/h3-10,12,19H,11H2,1-2H3,(H2,20,21,22). The second-order valence-corrected chi connectivity index (χ2v) is 5.75. The summed E-state index contributed by atoms with van der Waals surface area (Å²) in [7, 11) is 0. The van der Waals surface area contributed by atoms with Gasteiger partial charge >= 0.3 is 6.03 Å². The summed E-state index contributed by atoms with van der Waals surface area (Å²) < 4.78 is 0. The molecule has 0 spiro atoms. The molecule has 0 saturated heterocycles. The summed E-state index contributed by atoms with van der Waals surface area (Å²) >= 11 is 5.86. The SMILES string of the molecule is CC(C)NC(=O)Nc1ccc(NCc2ccc(Cl)cc2)cc1. The third-order valence-electron chi connectivity index (χ3n) is 2.97. The van der Waals surface area contributed by atoms with Gasteiger partial charge in [0, 0.05) is 29.0 Å². The van der Waals surface area contributed by atoms with E-state index in [9.17, 15) is 4.79 Å². The van der Waals surface area contributed by atoms with Crippen LogP contribution in [0.4, 0.5) is 16.2 Å². The van der Waals surface area contributed by atoms with Crippen molar-refractivity contribution in [2.45, 2.75) is 26.4 Å². The molecule has 4 nitrogen and oxygen atoms in total. The van der Waals surface area contributed by atoms with Crippen molar-refractivity contribution >= 4 is 29.0 Å². The van der Waals surface area contributed by atoms with Gasteiger partial charge < -0.3 is 16.0 Å². The minimum absolute atomic E-state index is 0.111. The number of amides is 2. The lowest BCUT2D eigenvalue weighted by atomic mass is 10.2. The van der Waals surface area contributed by atoms with Gasteiger partial charge in [-0.1, -0.05) is 23.7 Å². The maximum absolute atomic E-state index is 11.6. The minimum atomic E-state index is -0.197. The monoisotopic (exact) mass is 317 g/mol. The molecule has 0 radical (unpaired) electrons. The van der Waals surface area contributed by atoms with Crippen LogP contribution in [0, 0.1) is 0 Å². The van der Waals surface area contributed by atoms with E-state index in [-0.39, 0.29) is 12.1 Å². The predicted octanol–water partition coefficient (Wildman–Crippen LogP) is 4.48. The quantitative estimate of drug-likeness (QED) is 0.761. The first-order valence-corrected chi connectivity index (χ1v) is 7.56. The molecule has 0 aliphatic carbocycles. The van der Waals surface area contributed by atoms with Crippen LogP contribution < -0.4 is 16.0 Å². The van der Waals surface area contributed by atoms with Crippen molar-refractivity contribution in [2.75, 3.05) is 10.6 Å². The van der Waals surface area contributed by atoms with E-state index in [1.165, 1.54) is 0 Å². The van der Waals surface area contributed by atoms with E-state index in [1.807, 2.05) is 62.4 Å². The van der Waals surface area contributed by atoms with Crippen molar-refractivity contribution in [2.24, 2.45) is 0 Å². The fourth-order valence-electron chi connectivity index (χ4n) is 1.91. The zero-order chi connectivity index (χ0) is 15.9. The Morgan fingerprint density at radius 1 is 1.00 bits per heavy atom.